The van der Waals surface area contributed by atoms with E-state index in [-0.39, 0.29) is 0 Å². The van der Waals surface area contributed by atoms with Gasteiger partial charge in [-0.3, -0.25) is 0 Å². The van der Waals surface area contributed by atoms with Crippen LogP contribution in [0.2, 0.25) is 0 Å². The second-order valence-corrected chi connectivity index (χ2v) is 3.42. The van der Waals surface area contributed by atoms with Gasteiger partial charge in [-0.05, 0) is 30.7 Å². The van der Waals surface area contributed by atoms with Gasteiger partial charge in [0.05, 0.1) is 0 Å². The zero-order valence-corrected chi connectivity index (χ0v) is 7.71. The maximum absolute atomic E-state index is 5.70. The maximum Gasteiger partial charge on any atom is 0.123 e. The largest absolute Gasteiger partial charge is 0.488 e. The third kappa shape index (κ3) is 1.75. The van der Waals surface area contributed by atoms with Crippen LogP contribution in [0.1, 0.15) is 5.56 Å². The topological polar surface area (TPSA) is 47.3 Å². The average molecular weight is 178 g/mol. The molecule has 0 atom stereocenters. The van der Waals surface area contributed by atoms with Crippen molar-refractivity contribution in [2.24, 2.45) is 0 Å². The molecular weight excluding hydrogens is 164 g/mol. The molecule has 0 spiro atoms. The van der Waals surface area contributed by atoms with Gasteiger partial charge in [-0.2, -0.15) is 0 Å². The lowest BCUT2D eigenvalue weighted by Gasteiger charge is -2.27. The minimum absolute atomic E-state index is 0.336. The Balaban J connectivity index is 2.07. The normalized spacial score (nSPS) is 16.7. The van der Waals surface area contributed by atoms with Crippen molar-refractivity contribution in [2.75, 3.05) is 18.8 Å². The van der Waals surface area contributed by atoms with E-state index in [1.54, 1.807) is 0 Å². The van der Waals surface area contributed by atoms with Gasteiger partial charge in [0.1, 0.15) is 11.9 Å². The van der Waals surface area contributed by atoms with Crippen LogP contribution in [0.3, 0.4) is 0 Å². The summed E-state index contributed by atoms with van der Waals surface area (Å²) in [7, 11) is 0. The van der Waals surface area contributed by atoms with Crippen molar-refractivity contribution in [1.29, 1.82) is 0 Å². The first kappa shape index (κ1) is 8.38. The van der Waals surface area contributed by atoms with Crippen molar-refractivity contribution in [2.45, 2.75) is 13.0 Å². The predicted octanol–water partition coefficient (Wildman–Crippen LogP) is 0.928. The van der Waals surface area contributed by atoms with Crippen molar-refractivity contribution < 1.29 is 4.74 Å². The molecule has 2 rings (SSSR count). The summed E-state index contributed by atoms with van der Waals surface area (Å²) >= 11 is 0. The summed E-state index contributed by atoms with van der Waals surface area (Å²) in [6, 6.07) is 5.78. The monoisotopic (exact) mass is 178 g/mol. The van der Waals surface area contributed by atoms with Gasteiger partial charge < -0.3 is 15.8 Å². The lowest BCUT2D eigenvalue weighted by molar-refractivity contribution is 0.142. The average Bonchev–Trinajstić information content (AvgIpc) is 2.04. The van der Waals surface area contributed by atoms with Crippen molar-refractivity contribution in [1.82, 2.24) is 5.32 Å². The molecule has 13 heavy (non-hydrogen) atoms. The van der Waals surface area contributed by atoms with Gasteiger partial charge in [-0.15, -0.1) is 0 Å². The van der Waals surface area contributed by atoms with E-state index in [0.717, 1.165) is 30.1 Å². The number of hydrogen-bond acceptors (Lipinski definition) is 3. The first-order valence-electron chi connectivity index (χ1n) is 4.49. The highest BCUT2D eigenvalue weighted by Gasteiger charge is 2.18. The minimum atomic E-state index is 0.336. The molecule has 1 aromatic rings. The van der Waals surface area contributed by atoms with Gasteiger partial charge >= 0.3 is 0 Å². The SMILES string of the molecule is Cc1cc(OC2CNC2)ccc1N. The Morgan fingerprint density at radius 3 is 2.77 bits per heavy atom. The summed E-state index contributed by atoms with van der Waals surface area (Å²) in [4.78, 5) is 0. The lowest BCUT2D eigenvalue weighted by atomic mass is 10.2. The summed E-state index contributed by atoms with van der Waals surface area (Å²) in [6.45, 7) is 3.88. The molecule has 1 aliphatic rings. The molecule has 3 nitrogen and oxygen atoms in total. The summed E-state index contributed by atoms with van der Waals surface area (Å²) in [6.07, 6.45) is 0.336. The quantitative estimate of drug-likeness (QED) is 0.662. The van der Waals surface area contributed by atoms with E-state index in [9.17, 15) is 0 Å². The molecule has 1 heterocycles. The van der Waals surface area contributed by atoms with E-state index in [2.05, 4.69) is 5.32 Å². The van der Waals surface area contributed by atoms with Crippen LogP contribution >= 0.6 is 0 Å². The molecule has 0 aromatic heterocycles. The Hall–Kier alpha value is -1.22. The van der Waals surface area contributed by atoms with E-state index in [1.807, 2.05) is 25.1 Å². The molecule has 1 fully saturated rings. The molecule has 1 aliphatic heterocycles. The first-order chi connectivity index (χ1) is 6.25. The van der Waals surface area contributed by atoms with Crippen LogP contribution in [-0.2, 0) is 0 Å². The van der Waals surface area contributed by atoms with Gasteiger partial charge in [0.2, 0.25) is 0 Å². The highest BCUT2D eigenvalue weighted by molar-refractivity contribution is 5.49. The fourth-order valence-corrected chi connectivity index (χ4v) is 1.26. The Kier molecular flexibility index (Phi) is 2.10. The number of nitrogen functional groups attached to an aromatic ring is 1. The molecule has 3 heteroatoms. The molecule has 1 saturated heterocycles. The highest BCUT2D eigenvalue weighted by atomic mass is 16.5. The van der Waals surface area contributed by atoms with Crippen LogP contribution in [0.25, 0.3) is 0 Å². The van der Waals surface area contributed by atoms with Crippen LogP contribution in [0, 0.1) is 6.92 Å². The zero-order chi connectivity index (χ0) is 9.26. The molecule has 0 aliphatic carbocycles. The molecule has 70 valence electrons. The van der Waals surface area contributed by atoms with Crippen molar-refractivity contribution >= 4 is 5.69 Å². The second-order valence-electron chi connectivity index (χ2n) is 3.42. The van der Waals surface area contributed by atoms with Gasteiger partial charge in [0.15, 0.2) is 0 Å². The first-order valence-corrected chi connectivity index (χ1v) is 4.49. The van der Waals surface area contributed by atoms with Gasteiger partial charge in [-0.25, -0.2) is 0 Å². The van der Waals surface area contributed by atoms with Gasteiger partial charge in [0, 0.05) is 18.8 Å². The molecule has 0 amide bonds. The van der Waals surface area contributed by atoms with Gasteiger partial charge in [0.25, 0.3) is 0 Å². The van der Waals surface area contributed by atoms with Crippen LogP contribution in [0.4, 0.5) is 5.69 Å². The number of benzene rings is 1. The summed E-state index contributed by atoms with van der Waals surface area (Å²) in [5.74, 6) is 0.915. The molecule has 0 unspecified atom stereocenters. The van der Waals surface area contributed by atoms with Crippen molar-refractivity contribution in [3.8, 4) is 5.75 Å². The van der Waals surface area contributed by atoms with E-state index >= 15 is 0 Å². The van der Waals surface area contributed by atoms with Crippen LogP contribution in [0.5, 0.6) is 5.75 Å². The van der Waals surface area contributed by atoms with E-state index < -0.39 is 0 Å². The lowest BCUT2D eigenvalue weighted by Crippen LogP contribution is -2.50. The number of anilines is 1. The molecule has 0 radical (unpaired) electrons. The number of rotatable bonds is 2. The zero-order valence-electron chi connectivity index (χ0n) is 7.71. The Morgan fingerprint density at radius 2 is 2.23 bits per heavy atom. The molecule has 3 N–H and O–H groups in total. The molecule has 0 bridgehead atoms. The predicted molar refractivity (Wildman–Crippen MR) is 52.9 cm³/mol. The van der Waals surface area contributed by atoms with E-state index in [1.165, 1.54) is 0 Å². The van der Waals surface area contributed by atoms with Crippen LogP contribution in [0.15, 0.2) is 18.2 Å². The number of aryl methyl sites for hydroxylation is 1. The maximum atomic E-state index is 5.70. The second kappa shape index (κ2) is 3.26. The smallest absolute Gasteiger partial charge is 0.123 e. The Labute approximate surface area is 77.9 Å². The minimum Gasteiger partial charge on any atom is -0.488 e. The van der Waals surface area contributed by atoms with E-state index in [4.69, 9.17) is 10.5 Å². The third-order valence-electron chi connectivity index (χ3n) is 2.29. The Bertz CT molecular complexity index is 308. The standard InChI is InChI=1S/C10H14N2O/c1-7-4-8(2-3-10(7)11)13-9-5-12-6-9/h2-4,9,12H,5-6,11H2,1H3. The highest BCUT2D eigenvalue weighted by Crippen LogP contribution is 2.20. The fourth-order valence-electron chi connectivity index (χ4n) is 1.26. The molecular formula is C10H14N2O. The van der Waals surface area contributed by atoms with Crippen molar-refractivity contribution in [3.05, 3.63) is 23.8 Å². The van der Waals surface area contributed by atoms with Crippen molar-refractivity contribution in [3.63, 3.8) is 0 Å². The number of hydrogen-bond donors (Lipinski definition) is 2. The number of nitrogens with one attached hydrogen (secondary N) is 1. The number of ether oxygens (including phenoxy) is 1. The van der Waals surface area contributed by atoms with E-state index in [0.29, 0.717) is 6.10 Å². The third-order valence-corrected chi connectivity index (χ3v) is 2.29. The Morgan fingerprint density at radius 1 is 1.46 bits per heavy atom. The summed E-state index contributed by atoms with van der Waals surface area (Å²) in [5.41, 5.74) is 7.59. The fraction of sp³-hybridized carbons (Fsp3) is 0.400. The molecule has 1 aromatic carbocycles. The van der Waals surface area contributed by atoms with Gasteiger partial charge in [-0.1, -0.05) is 0 Å². The number of nitrogens with two attached hydrogens (primary N) is 1. The molecule has 0 saturated carbocycles. The summed E-state index contributed by atoms with van der Waals surface area (Å²) < 4.78 is 5.67. The summed E-state index contributed by atoms with van der Waals surface area (Å²) in [5, 5.41) is 3.16. The van der Waals surface area contributed by atoms with Crippen LogP contribution in [-0.4, -0.2) is 19.2 Å². The van der Waals surface area contributed by atoms with Crippen LogP contribution < -0.4 is 15.8 Å².